The molecule has 3 heterocycles. The van der Waals surface area contributed by atoms with Gasteiger partial charge in [0.15, 0.2) is 0 Å². The van der Waals surface area contributed by atoms with Gasteiger partial charge in [0.2, 0.25) is 5.91 Å². The van der Waals surface area contributed by atoms with Gasteiger partial charge < -0.3 is 10.3 Å². The Balaban J connectivity index is 2.06. The van der Waals surface area contributed by atoms with Gasteiger partial charge in [-0.1, -0.05) is 29.8 Å². The van der Waals surface area contributed by atoms with Crippen molar-refractivity contribution >= 4 is 28.1 Å². The van der Waals surface area contributed by atoms with Gasteiger partial charge in [-0.3, -0.25) is 9.78 Å². The summed E-state index contributed by atoms with van der Waals surface area (Å²) < 4.78 is 0. The van der Waals surface area contributed by atoms with E-state index in [-0.39, 0.29) is 5.91 Å². The number of carbonyl (C=O) groups excluding carboxylic acids is 1. The second-order valence-corrected chi connectivity index (χ2v) is 5.54. The van der Waals surface area contributed by atoms with Crippen molar-refractivity contribution in [1.82, 2.24) is 9.97 Å². The fourth-order valence-electron chi connectivity index (χ4n) is 3.09. The number of anilines is 1. The predicted octanol–water partition coefficient (Wildman–Crippen LogP) is 3.73. The minimum Gasteiger partial charge on any atom is -0.353 e. The van der Waals surface area contributed by atoms with Gasteiger partial charge in [0.25, 0.3) is 0 Å². The van der Waals surface area contributed by atoms with Crippen LogP contribution in [0, 0.1) is 0 Å². The Morgan fingerprint density at radius 2 is 2.00 bits per heavy atom. The lowest BCUT2D eigenvalue weighted by atomic mass is 9.97. The van der Waals surface area contributed by atoms with E-state index in [0.29, 0.717) is 6.42 Å². The zero-order valence-corrected chi connectivity index (χ0v) is 12.2. The number of fused-ring (bicyclic) bond motifs is 3. The predicted molar refractivity (Wildman–Crippen MR) is 87.5 cm³/mol. The van der Waals surface area contributed by atoms with Crippen molar-refractivity contribution in [3.63, 3.8) is 0 Å². The molecule has 0 bridgehead atoms. The average molecular weight is 289 g/mol. The van der Waals surface area contributed by atoms with Gasteiger partial charge in [-0.05, 0) is 19.1 Å². The summed E-state index contributed by atoms with van der Waals surface area (Å²) in [5.74, 6) is 0.0161. The first kappa shape index (κ1) is 12.8. The number of amides is 1. The summed E-state index contributed by atoms with van der Waals surface area (Å²) in [5, 5.41) is 4.07. The van der Waals surface area contributed by atoms with E-state index in [1.165, 1.54) is 0 Å². The number of rotatable bonds is 1. The second-order valence-electron chi connectivity index (χ2n) is 5.54. The molecule has 1 aliphatic heterocycles. The molecule has 4 nitrogen and oxygen atoms in total. The van der Waals surface area contributed by atoms with Crippen LogP contribution in [-0.4, -0.2) is 15.9 Å². The van der Waals surface area contributed by atoms with Crippen LogP contribution in [0.25, 0.3) is 16.5 Å². The van der Waals surface area contributed by atoms with Gasteiger partial charge in [0.1, 0.15) is 0 Å². The number of aromatic amines is 1. The van der Waals surface area contributed by atoms with Crippen molar-refractivity contribution < 1.29 is 4.79 Å². The number of hydrogen-bond donors (Lipinski definition) is 2. The lowest BCUT2D eigenvalue weighted by Crippen LogP contribution is -2.09. The van der Waals surface area contributed by atoms with Crippen LogP contribution in [0.1, 0.15) is 24.6 Å². The summed E-state index contributed by atoms with van der Waals surface area (Å²) in [4.78, 5) is 19.9. The van der Waals surface area contributed by atoms with Crippen molar-refractivity contribution in [2.24, 2.45) is 0 Å². The third-order valence-electron chi connectivity index (χ3n) is 4.02. The largest absolute Gasteiger partial charge is 0.353 e. The smallest absolute Gasteiger partial charge is 0.228 e. The molecule has 0 spiro atoms. The SMILES string of the molecule is CC1=C(c2cccnc2)c2[nH]c3ccccc3c2NC(=O)C1. The summed E-state index contributed by atoms with van der Waals surface area (Å²) in [6.45, 7) is 2.00. The summed E-state index contributed by atoms with van der Waals surface area (Å²) in [5.41, 5.74) is 5.94. The number of aromatic nitrogens is 2. The number of hydrogen-bond acceptors (Lipinski definition) is 2. The fraction of sp³-hybridized carbons (Fsp3) is 0.111. The molecule has 2 aromatic heterocycles. The maximum atomic E-state index is 12.2. The van der Waals surface area contributed by atoms with Crippen molar-refractivity contribution in [2.45, 2.75) is 13.3 Å². The molecule has 22 heavy (non-hydrogen) atoms. The number of para-hydroxylation sites is 1. The molecule has 0 saturated carbocycles. The number of pyridine rings is 1. The molecule has 4 rings (SSSR count). The highest BCUT2D eigenvalue weighted by Crippen LogP contribution is 2.39. The lowest BCUT2D eigenvalue weighted by Gasteiger charge is -2.09. The topological polar surface area (TPSA) is 57.8 Å². The van der Waals surface area contributed by atoms with Gasteiger partial charge in [0.05, 0.1) is 11.4 Å². The van der Waals surface area contributed by atoms with Gasteiger partial charge in [-0.2, -0.15) is 0 Å². The molecule has 3 aromatic rings. The highest BCUT2D eigenvalue weighted by molar-refractivity contribution is 6.10. The summed E-state index contributed by atoms with van der Waals surface area (Å²) in [7, 11) is 0. The minimum atomic E-state index is 0.0161. The van der Waals surface area contributed by atoms with Crippen LogP contribution in [0.5, 0.6) is 0 Å². The Bertz CT molecular complexity index is 906. The third-order valence-corrected chi connectivity index (χ3v) is 4.02. The lowest BCUT2D eigenvalue weighted by molar-refractivity contribution is -0.115. The Kier molecular flexibility index (Phi) is 2.82. The van der Waals surface area contributed by atoms with E-state index in [4.69, 9.17) is 0 Å². The van der Waals surface area contributed by atoms with E-state index in [1.54, 1.807) is 6.20 Å². The van der Waals surface area contributed by atoms with E-state index >= 15 is 0 Å². The van der Waals surface area contributed by atoms with E-state index in [0.717, 1.165) is 39.0 Å². The number of benzene rings is 1. The van der Waals surface area contributed by atoms with E-state index in [9.17, 15) is 4.79 Å². The molecule has 0 radical (unpaired) electrons. The standard InChI is InChI=1S/C18H15N3O/c1-11-9-15(22)21-17-13-6-2-3-7-14(13)20-18(17)16(11)12-5-4-8-19-10-12/h2-8,10,20H,9H2,1H3,(H,21,22). The van der Waals surface area contributed by atoms with Crippen LogP contribution >= 0.6 is 0 Å². The fourth-order valence-corrected chi connectivity index (χ4v) is 3.09. The molecule has 0 aliphatic carbocycles. The number of nitrogens with one attached hydrogen (secondary N) is 2. The van der Waals surface area contributed by atoms with E-state index in [1.807, 2.05) is 49.5 Å². The average Bonchev–Trinajstić information content (AvgIpc) is 2.81. The van der Waals surface area contributed by atoms with Crippen LogP contribution in [0.2, 0.25) is 0 Å². The molecule has 0 fully saturated rings. The van der Waals surface area contributed by atoms with Crippen molar-refractivity contribution in [3.05, 3.63) is 65.6 Å². The van der Waals surface area contributed by atoms with Crippen LogP contribution in [0.3, 0.4) is 0 Å². The highest BCUT2D eigenvalue weighted by Gasteiger charge is 2.23. The first-order valence-corrected chi connectivity index (χ1v) is 7.25. The Hall–Kier alpha value is -2.88. The second kappa shape index (κ2) is 4.84. The summed E-state index contributed by atoms with van der Waals surface area (Å²) >= 11 is 0. The quantitative estimate of drug-likeness (QED) is 0.717. The summed E-state index contributed by atoms with van der Waals surface area (Å²) in [6.07, 6.45) is 3.98. The Morgan fingerprint density at radius 3 is 2.82 bits per heavy atom. The summed E-state index contributed by atoms with van der Waals surface area (Å²) in [6, 6.07) is 11.9. The van der Waals surface area contributed by atoms with Gasteiger partial charge in [-0.15, -0.1) is 0 Å². The van der Waals surface area contributed by atoms with Gasteiger partial charge >= 0.3 is 0 Å². The van der Waals surface area contributed by atoms with E-state index in [2.05, 4.69) is 15.3 Å². The Labute approximate surface area is 127 Å². The third kappa shape index (κ3) is 1.92. The molecule has 4 heteroatoms. The van der Waals surface area contributed by atoms with Crippen LogP contribution in [0.4, 0.5) is 5.69 Å². The molecule has 1 aliphatic rings. The van der Waals surface area contributed by atoms with Crippen molar-refractivity contribution in [3.8, 4) is 0 Å². The maximum Gasteiger partial charge on any atom is 0.228 e. The molecule has 1 aromatic carbocycles. The molecule has 108 valence electrons. The Morgan fingerprint density at radius 1 is 1.14 bits per heavy atom. The van der Waals surface area contributed by atoms with Crippen LogP contribution in [-0.2, 0) is 4.79 Å². The molecule has 0 saturated heterocycles. The molecular weight excluding hydrogens is 274 g/mol. The number of carbonyl (C=O) groups is 1. The minimum absolute atomic E-state index is 0.0161. The molecular formula is C18H15N3O. The molecule has 2 N–H and O–H groups in total. The normalized spacial score (nSPS) is 14.7. The van der Waals surface area contributed by atoms with Crippen molar-refractivity contribution in [1.29, 1.82) is 0 Å². The molecule has 0 atom stereocenters. The van der Waals surface area contributed by atoms with Crippen LogP contribution in [0.15, 0.2) is 54.4 Å². The first-order valence-electron chi connectivity index (χ1n) is 7.25. The first-order chi connectivity index (χ1) is 10.7. The van der Waals surface area contributed by atoms with E-state index < -0.39 is 0 Å². The van der Waals surface area contributed by atoms with Gasteiger partial charge in [-0.25, -0.2) is 0 Å². The zero-order valence-electron chi connectivity index (χ0n) is 12.2. The van der Waals surface area contributed by atoms with Gasteiger partial charge in [0, 0.05) is 40.9 Å². The monoisotopic (exact) mass is 289 g/mol. The molecule has 0 unspecified atom stereocenters. The highest BCUT2D eigenvalue weighted by atomic mass is 16.1. The number of H-pyrrole nitrogens is 1. The zero-order chi connectivity index (χ0) is 15.1. The number of nitrogens with zero attached hydrogens (tertiary/aromatic N) is 1. The van der Waals surface area contributed by atoms with Crippen LogP contribution < -0.4 is 5.32 Å². The van der Waals surface area contributed by atoms with Crippen molar-refractivity contribution in [2.75, 3.05) is 5.32 Å². The molecule has 1 amide bonds. The maximum absolute atomic E-state index is 12.2.